The van der Waals surface area contributed by atoms with Gasteiger partial charge in [0.05, 0.1) is 12.2 Å². The summed E-state index contributed by atoms with van der Waals surface area (Å²) in [7, 11) is 0. The molecule has 4 aliphatic rings. The quantitative estimate of drug-likeness (QED) is 0.240. The van der Waals surface area contributed by atoms with Crippen LogP contribution in [-0.2, 0) is 19.1 Å². The van der Waals surface area contributed by atoms with Gasteiger partial charge in [-0.25, -0.2) is 0 Å². The lowest BCUT2D eigenvalue weighted by molar-refractivity contribution is -0.234. The summed E-state index contributed by atoms with van der Waals surface area (Å²) in [5.41, 5.74) is 0.573. The van der Waals surface area contributed by atoms with E-state index in [0.717, 1.165) is 44.1 Å². The Balaban J connectivity index is 1.82. The van der Waals surface area contributed by atoms with Gasteiger partial charge in [0.1, 0.15) is 12.6 Å². The molecule has 0 aliphatic heterocycles. The van der Waals surface area contributed by atoms with Crippen LogP contribution in [0.1, 0.15) is 106 Å². The molecule has 0 aromatic carbocycles. The Morgan fingerprint density at radius 3 is 2.34 bits per heavy atom. The lowest BCUT2D eigenvalue weighted by atomic mass is 9.36. The highest BCUT2D eigenvalue weighted by atomic mass is 16.5. The smallest absolute Gasteiger partial charge is 0.322 e. The van der Waals surface area contributed by atoms with Crippen LogP contribution < -0.4 is 5.32 Å². The fourth-order valence-electron chi connectivity index (χ4n) is 10.2. The minimum Gasteiger partial charge on any atom is -0.480 e. The van der Waals surface area contributed by atoms with Gasteiger partial charge in [0.2, 0.25) is 5.91 Å². The van der Waals surface area contributed by atoms with Crippen molar-refractivity contribution in [2.45, 2.75) is 125 Å². The number of carbonyl (C=O) groups excluding carboxylic acids is 2. The molecule has 4 aliphatic carbocycles. The van der Waals surface area contributed by atoms with Crippen LogP contribution in [0.3, 0.4) is 0 Å². The highest BCUT2D eigenvalue weighted by molar-refractivity contribution is 5.96. The number of esters is 1. The van der Waals surface area contributed by atoms with Crippen molar-refractivity contribution in [3.63, 3.8) is 0 Å². The highest BCUT2D eigenvalue weighted by Gasteiger charge is 2.70. The topological polar surface area (TPSA) is 133 Å². The number of nitrogens with one attached hydrogen (secondary N) is 1. The summed E-state index contributed by atoms with van der Waals surface area (Å²) in [6.45, 7) is 14.2. The molecule has 0 aromatic heterocycles. The summed E-state index contributed by atoms with van der Waals surface area (Å²) >= 11 is 0. The second kappa shape index (κ2) is 11.6. The van der Waals surface area contributed by atoms with Gasteiger partial charge < -0.3 is 25.4 Å². The highest BCUT2D eigenvalue weighted by Crippen LogP contribution is 2.74. The third kappa shape index (κ3) is 5.48. The van der Waals surface area contributed by atoms with E-state index in [0.29, 0.717) is 36.7 Å². The molecule has 8 nitrogen and oxygen atoms in total. The predicted octanol–water partition coefficient (Wildman–Crippen LogP) is 4.86. The molecule has 0 aromatic rings. The summed E-state index contributed by atoms with van der Waals surface area (Å²) in [4.78, 5) is 37.3. The second-order valence-corrected chi connectivity index (χ2v) is 14.9. The Morgan fingerprint density at radius 2 is 1.73 bits per heavy atom. The molecule has 0 radical (unpaired) electrons. The average molecular weight is 576 g/mol. The fourth-order valence-corrected chi connectivity index (χ4v) is 10.2. The number of aliphatic carboxylic acids is 1. The van der Waals surface area contributed by atoms with Crippen LogP contribution in [0.5, 0.6) is 0 Å². The summed E-state index contributed by atoms with van der Waals surface area (Å²) in [6.07, 6.45) is 5.16. The molecule has 0 spiro atoms. The van der Waals surface area contributed by atoms with Gasteiger partial charge in [0.25, 0.3) is 0 Å². The second-order valence-electron chi connectivity index (χ2n) is 14.9. The van der Waals surface area contributed by atoms with Gasteiger partial charge in [-0.1, -0.05) is 48.0 Å². The Morgan fingerprint density at radius 1 is 1.05 bits per heavy atom. The van der Waals surface area contributed by atoms with E-state index in [1.54, 1.807) is 0 Å². The Kier molecular flexibility index (Phi) is 9.08. The number of hydrogen-bond acceptors (Lipinski definition) is 6. The third-order valence-electron chi connectivity index (χ3n) is 12.2. The molecule has 41 heavy (non-hydrogen) atoms. The molecule has 4 fully saturated rings. The predicted molar refractivity (Wildman–Crippen MR) is 156 cm³/mol. The van der Waals surface area contributed by atoms with Crippen molar-refractivity contribution in [1.29, 1.82) is 0 Å². The first-order valence-corrected chi connectivity index (χ1v) is 15.8. The molecule has 4 N–H and O–H groups in total. The lowest BCUT2D eigenvalue weighted by Crippen LogP contribution is -2.65. The van der Waals surface area contributed by atoms with Crippen molar-refractivity contribution in [2.24, 2.45) is 45.8 Å². The molecule has 0 bridgehead atoms. The number of carbonyl (C=O) groups is 3. The van der Waals surface area contributed by atoms with E-state index >= 15 is 0 Å². The van der Waals surface area contributed by atoms with Gasteiger partial charge in [0, 0.05) is 12.5 Å². The van der Waals surface area contributed by atoms with Crippen LogP contribution in [-0.4, -0.2) is 58.0 Å². The summed E-state index contributed by atoms with van der Waals surface area (Å²) in [6, 6.07) is 0. The molecular formula is C33H53NO7. The van der Waals surface area contributed by atoms with Gasteiger partial charge in [0.15, 0.2) is 0 Å². The van der Waals surface area contributed by atoms with Crippen molar-refractivity contribution in [3.8, 4) is 0 Å². The van der Waals surface area contributed by atoms with Crippen molar-refractivity contribution in [1.82, 2.24) is 5.32 Å². The van der Waals surface area contributed by atoms with Crippen LogP contribution in [0.4, 0.5) is 0 Å². The van der Waals surface area contributed by atoms with Crippen molar-refractivity contribution in [2.75, 3.05) is 6.54 Å². The number of fused-ring (bicyclic) bond motifs is 5. The maximum absolute atomic E-state index is 13.6. The van der Waals surface area contributed by atoms with E-state index in [9.17, 15) is 29.7 Å². The zero-order chi connectivity index (χ0) is 30.5. The summed E-state index contributed by atoms with van der Waals surface area (Å²) in [5, 5.41) is 34.6. The van der Waals surface area contributed by atoms with Gasteiger partial charge >= 0.3 is 11.9 Å². The van der Waals surface area contributed by atoms with E-state index in [1.807, 2.05) is 0 Å². The molecular weight excluding hydrogens is 522 g/mol. The Labute approximate surface area is 245 Å². The molecule has 10 atom stereocenters. The number of aliphatic hydroxyl groups is 2. The minimum atomic E-state index is -1.11. The normalized spacial score (nSPS) is 43.0. The van der Waals surface area contributed by atoms with Crippen molar-refractivity contribution < 1.29 is 34.4 Å². The maximum atomic E-state index is 13.6. The average Bonchev–Trinajstić information content (AvgIpc) is 3.14. The number of rotatable bonds is 8. The number of ether oxygens (including phenoxy) is 1. The van der Waals surface area contributed by atoms with Crippen LogP contribution in [0.15, 0.2) is 11.1 Å². The molecule has 0 heterocycles. The van der Waals surface area contributed by atoms with Crippen LogP contribution in [0, 0.1) is 45.8 Å². The van der Waals surface area contributed by atoms with E-state index in [4.69, 9.17) is 4.74 Å². The largest absolute Gasteiger partial charge is 0.480 e. The maximum Gasteiger partial charge on any atom is 0.322 e. The minimum absolute atomic E-state index is 0.0208. The summed E-state index contributed by atoms with van der Waals surface area (Å²) in [5.74, 6) is -1.13. The molecule has 0 unspecified atom stereocenters. The first kappa shape index (κ1) is 32.0. The first-order valence-electron chi connectivity index (χ1n) is 15.8. The van der Waals surface area contributed by atoms with Crippen molar-refractivity contribution in [3.05, 3.63) is 11.1 Å². The van der Waals surface area contributed by atoms with Gasteiger partial charge in [-0.2, -0.15) is 0 Å². The van der Waals surface area contributed by atoms with E-state index < -0.39 is 36.6 Å². The number of carboxylic acid groups (broad SMARTS) is 1. The monoisotopic (exact) mass is 575 g/mol. The van der Waals surface area contributed by atoms with Gasteiger partial charge in [-0.3, -0.25) is 14.4 Å². The van der Waals surface area contributed by atoms with Gasteiger partial charge in [-0.05, 0) is 103 Å². The van der Waals surface area contributed by atoms with Crippen molar-refractivity contribution >= 4 is 17.8 Å². The molecule has 232 valence electrons. The SMILES string of the molecule is CC(=O)O[C@H]1C[C@@]2(C)[C@@H](C[C@@H](O)[C@H]3[C@@]4(C)CC[C@@H](O)[C@@H](C)[C@@H]4CC[C@@]32C)/C1=C(\CCCC(C)C)C(=O)NCC(=O)O. The number of hydrogen-bond donors (Lipinski definition) is 4. The molecule has 1 amide bonds. The Hall–Kier alpha value is -1.93. The zero-order valence-electron chi connectivity index (χ0n) is 26.2. The van der Waals surface area contributed by atoms with Crippen LogP contribution in [0.25, 0.3) is 0 Å². The number of aliphatic hydroxyl groups excluding tert-OH is 2. The van der Waals surface area contributed by atoms with E-state index in [2.05, 4.69) is 46.9 Å². The standard InChI is InChI=1S/C33H53NO7/c1-18(2)9-8-10-21(30(40)34-17-27(38)39)28-23-15-25(37)29-31(5)13-12-24(36)19(3)22(31)11-14-32(29,6)33(23,7)16-26(28)41-20(4)35/h18-19,22-26,29,36-37H,8-17H2,1-7H3,(H,34,40)(H,38,39)/b28-21-/t19-,22-,23-,24+,25+,26-,29-,31-,32-,33-/m0/s1. The van der Waals surface area contributed by atoms with E-state index in [-0.39, 0.29) is 40.1 Å². The lowest BCUT2D eigenvalue weighted by Gasteiger charge is -2.69. The molecule has 4 saturated carbocycles. The van der Waals surface area contributed by atoms with Crippen LogP contribution >= 0.6 is 0 Å². The van der Waals surface area contributed by atoms with Gasteiger partial charge in [-0.15, -0.1) is 0 Å². The third-order valence-corrected chi connectivity index (χ3v) is 12.2. The summed E-state index contributed by atoms with van der Waals surface area (Å²) < 4.78 is 5.98. The Bertz CT molecular complexity index is 1070. The molecule has 8 heteroatoms. The number of amides is 1. The zero-order valence-corrected chi connectivity index (χ0v) is 26.2. The van der Waals surface area contributed by atoms with E-state index in [1.165, 1.54) is 6.92 Å². The number of carboxylic acids is 1. The molecule has 4 rings (SSSR count). The molecule has 0 saturated heterocycles. The first-order chi connectivity index (χ1) is 19.1. The van der Waals surface area contributed by atoms with Crippen LogP contribution in [0.2, 0.25) is 0 Å². The fraction of sp³-hybridized carbons (Fsp3) is 0.848.